The Labute approximate surface area is 160 Å². The molecule has 1 saturated carbocycles. The molecule has 5 nitrogen and oxygen atoms in total. The van der Waals surface area contributed by atoms with Gasteiger partial charge in [0.05, 0.1) is 6.54 Å². The lowest BCUT2D eigenvalue weighted by molar-refractivity contribution is 0.572. The van der Waals surface area contributed by atoms with E-state index in [0.717, 1.165) is 29.7 Å². The molecule has 0 radical (unpaired) electrons. The second-order valence-corrected chi connectivity index (χ2v) is 6.17. The van der Waals surface area contributed by atoms with E-state index in [1.807, 2.05) is 12.1 Å². The summed E-state index contributed by atoms with van der Waals surface area (Å²) in [6.07, 6.45) is 2.90. The number of aryl methyl sites for hydroxylation is 1. The molecule has 1 aliphatic rings. The quantitative estimate of drug-likeness (QED) is 0.423. The molecular weight excluding hydrogens is 415 g/mol. The van der Waals surface area contributed by atoms with E-state index < -0.39 is 0 Å². The first-order valence-electron chi connectivity index (χ1n) is 8.22. The normalized spacial score (nSPS) is 19.5. The molecule has 130 valence electrons. The minimum atomic E-state index is 0. The molecule has 0 aliphatic heterocycles. The molecule has 1 aromatic carbocycles. The van der Waals surface area contributed by atoms with Crippen LogP contribution in [0.25, 0.3) is 11.5 Å². The van der Waals surface area contributed by atoms with E-state index in [1.165, 1.54) is 12.0 Å². The number of aliphatic imine (C=N–C) groups is 1. The first kappa shape index (κ1) is 18.8. The van der Waals surface area contributed by atoms with E-state index in [9.17, 15) is 0 Å². The zero-order valence-corrected chi connectivity index (χ0v) is 16.7. The van der Waals surface area contributed by atoms with Gasteiger partial charge in [-0.3, -0.25) is 0 Å². The maximum absolute atomic E-state index is 5.57. The average Bonchev–Trinajstić information content (AvgIpc) is 3.04. The molecule has 0 saturated heterocycles. The van der Waals surface area contributed by atoms with Crippen molar-refractivity contribution in [3.8, 4) is 11.5 Å². The van der Waals surface area contributed by atoms with Crippen molar-refractivity contribution in [2.24, 2.45) is 10.9 Å². The fourth-order valence-corrected chi connectivity index (χ4v) is 2.39. The summed E-state index contributed by atoms with van der Waals surface area (Å²) < 4.78 is 5.57. The molecule has 1 fully saturated rings. The fourth-order valence-electron chi connectivity index (χ4n) is 2.39. The van der Waals surface area contributed by atoms with Crippen LogP contribution in [0.1, 0.15) is 31.5 Å². The summed E-state index contributed by atoms with van der Waals surface area (Å²) in [5, 5.41) is 6.71. The molecule has 1 heterocycles. The minimum Gasteiger partial charge on any atom is -0.444 e. The number of aromatic nitrogens is 1. The van der Waals surface area contributed by atoms with Crippen LogP contribution in [0, 0.1) is 12.8 Å². The highest BCUT2D eigenvalue weighted by atomic mass is 127. The summed E-state index contributed by atoms with van der Waals surface area (Å²) in [4.78, 5) is 9.11. The van der Waals surface area contributed by atoms with Crippen molar-refractivity contribution in [1.29, 1.82) is 0 Å². The second kappa shape index (κ2) is 8.50. The summed E-state index contributed by atoms with van der Waals surface area (Å²) in [7, 11) is 0. The van der Waals surface area contributed by atoms with Gasteiger partial charge in [0, 0.05) is 18.2 Å². The van der Waals surface area contributed by atoms with Crippen LogP contribution in [0.4, 0.5) is 0 Å². The number of hydrogen-bond donors (Lipinski definition) is 2. The van der Waals surface area contributed by atoms with Crippen LogP contribution in [0.5, 0.6) is 0 Å². The predicted octanol–water partition coefficient (Wildman–Crippen LogP) is 3.73. The van der Waals surface area contributed by atoms with Crippen LogP contribution in [0.3, 0.4) is 0 Å². The van der Waals surface area contributed by atoms with Gasteiger partial charge in [0.25, 0.3) is 0 Å². The maximum atomic E-state index is 5.57. The summed E-state index contributed by atoms with van der Waals surface area (Å²) in [5.41, 5.74) is 3.05. The van der Waals surface area contributed by atoms with Gasteiger partial charge in [0.1, 0.15) is 12.0 Å². The number of guanidine groups is 1. The number of nitrogens with one attached hydrogen (secondary N) is 2. The molecule has 1 aromatic heterocycles. The monoisotopic (exact) mass is 440 g/mol. The number of oxazole rings is 1. The fraction of sp³-hybridized carbons (Fsp3) is 0.444. The summed E-state index contributed by atoms with van der Waals surface area (Å²) in [6.45, 7) is 7.73. The summed E-state index contributed by atoms with van der Waals surface area (Å²) in [6, 6.07) is 8.71. The molecule has 6 heteroatoms. The highest BCUT2D eigenvalue weighted by Crippen LogP contribution is 2.28. The molecule has 24 heavy (non-hydrogen) atoms. The molecule has 0 bridgehead atoms. The standard InChI is InChI=1S/C18H24N4O.HI/c1-4-19-18(22-16-9-13(16)3)20-10-15-11-23-17(21-15)14-7-5-12(2)6-8-14;/h5-8,11,13,16H,4,9-10H2,1-3H3,(H2,19,20,22);1H. The van der Waals surface area contributed by atoms with Crippen LogP contribution < -0.4 is 10.6 Å². The van der Waals surface area contributed by atoms with Gasteiger partial charge in [-0.05, 0) is 38.3 Å². The lowest BCUT2D eigenvalue weighted by Gasteiger charge is -2.09. The van der Waals surface area contributed by atoms with Crippen molar-refractivity contribution < 1.29 is 4.42 Å². The third kappa shape index (κ3) is 4.96. The molecule has 2 unspecified atom stereocenters. The van der Waals surface area contributed by atoms with E-state index in [-0.39, 0.29) is 24.0 Å². The van der Waals surface area contributed by atoms with Gasteiger partial charge in [-0.15, -0.1) is 24.0 Å². The molecular formula is C18H25IN4O. The lowest BCUT2D eigenvalue weighted by Crippen LogP contribution is -2.39. The Bertz CT molecular complexity index is 681. The Morgan fingerprint density at radius 2 is 2.04 bits per heavy atom. The molecule has 2 atom stereocenters. The molecule has 2 N–H and O–H groups in total. The predicted molar refractivity (Wildman–Crippen MR) is 108 cm³/mol. The van der Waals surface area contributed by atoms with Crippen molar-refractivity contribution in [2.45, 2.75) is 39.8 Å². The Morgan fingerprint density at radius 1 is 1.33 bits per heavy atom. The van der Waals surface area contributed by atoms with E-state index >= 15 is 0 Å². The van der Waals surface area contributed by atoms with Crippen LogP contribution in [0.2, 0.25) is 0 Å². The summed E-state index contributed by atoms with van der Waals surface area (Å²) >= 11 is 0. The minimum absolute atomic E-state index is 0. The van der Waals surface area contributed by atoms with Crippen molar-refractivity contribution in [3.63, 3.8) is 0 Å². The van der Waals surface area contributed by atoms with Gasteiger partial charge in [0.15, 0.2) is 5.96 Å². The van der Waals surface area contributed by atoms with Crippen molar-refractivity contribution in [2.75, 3.05) is 6.54 Å². The van der Waals surface area contributed by atoms with Crippen molar-refractivity contribution in [1.82, 2.24) is 15.6 Å². The Kier molecular flexibility index (Phi) is 6.65. The third-order valence-corrected chi connectivity index (χ3v) is 4.03. The highest BCUT2D eigenvalue weighted by molar-refractivity contribution is 14.0. The summed E-state index contributed by atoms with van der Waals surface area (Å²) in [5.74, 6) is 2.23. The van der Waals surface area contributed by atoms with Crippen LogP contribution in [-0.4, -0.2) is 23.5 Å². The maximum Gasteiger partial charge on any atom is 0.226 e. The van der Waals surface area contributed by atoms with Gasteiger partial charge in [-0.2, -0.15) is 0 Å². The number of rotatable bonds is 5. The zero-order chi connectivity index (χ0) is 16.2. The Hall–Kier alpha value is -1.57. The topological polar surface area (TPSA) is 62.5 Å². The zero-order valence-electron chi connectivity index (χ0n) is 14.4. The Balaban J connectivity index is 0.00000208. The number of nitrogens with zero attached hydrogens (tertiary/aromatic N) is 2. The average molecular weight is 440 g/mol. The smallest absolute Gasteiger partial charge is 0.226 e. The second-order valence-electron chi connectivity index (χ2n) is 6.17. The Morgan fingerprint density at radius 3 is 2.67 bits per heavy atom. The number of benzene rings is 1. The van der Waals surface area contributed by atoms with Crippen molar-refractivity contribution >= 4 is 29.9 Å². The van der Waals surface area contributed by atoms with Gasteiger partial charge in [-0.1, -0.05) is 24.6 Å². The van der Waals surface area contributed by atoms with Crippen molar-refractivity contribution in [3.05, 3.63) is 41.8 Å². The molecule has 0 spiro atoms. The van der Waals surface area contributed by atoms with E-state index in [1.54, 1.807) is 6.26 Å². The van der Waals surface area contributed by atoms with Gasteiger partial charge >= 0.3 is 0 Å². The first-order chi connectivity index (χ1) is 11.2. The molecule has 2 aromatic rings. The van der Waals surface area contributed by atoms with Crippen LogP contribution in [0.15, 0.2) is 39.9 Å². The number of halogens is 1. The third-order valence-electron chi connectivity index (χ3n) is 4.03. The van der Waals surface area contributed by atoms with E-state index in [2.05, 4.69) is 53.5 Å². The van der Waals surface area contributed by atoms with Crippen LogP contribution >= 0.6 is 24.0 Å². The lowest BCUT2D eigenvalue weighted by atomic mass is 10.1. The van der Waals surface area contributed by atoms with Gasteiger partial charge < -0.3 is 15.1 Å². The molecule has 3 rings (SSSR count). The molecule has 1 aliphatic carbocycles. The van der Waals surface area contributed by atoms with E-state index in [4.69, 9.17) is 4.42 Å². The van der Waals surface area contributed by atoms with Crippen LogP contribution in [-0.2, 0) is 6.54 Å². The highest BCUT2D eigenvalue weighted by Gasteiger charge is 2.33. The van der Waals surface area contributed by atoms with Gasteiger partial charge in [-0.25, -0.2) is 9.98 Å². The SMILES string of the molecule is CCNC(=NCc1coc(-c2ccc(C)cc2)n1)NC1CC1C.I. The van der Waals surface area contributed by atoms with E-state index in [0.29, 0.717) is 18.5 Å². The number of hydrogen-bond acceptors (Lipinski definition) is 3. The largest absolute Gasteiger partial charge is 0.444 e. The first-order valence-corrected chi connectivity index (χ1v) is 8.22. The molecule has 0 amide bonds. The van der Waals surface area contributed by atoms with Gasteiger partial charge in [0.2, 0.25) is 5.89 Å².